The maximum Gasteiger partial charge on any atom is 0.339 e. The highest BCUT2D eigenvalue weighted by Gasteiger charge is 2.18. The van der Waals surface area contributed by atoms with Gasteiger partial charge in [-0.3, -0.25) is 0 Å². The number of carboxylic acids is 1. The van der Waals surface area contributed by atoms with Gasteiger partial charge in [-0.15, -0.1) is 11.3 Å². The number of carboxylic acid groups (broad SMARTS) is 1. The molecule has 0 amide bonds. The summed E-state index contributed by atoms with van der Waals surface area (Å²) in [6, 6.07) is 2.84. The Morgan fingerprint density at radius 1 is 1.50 bits per heavy atom. The molecule has 0 aliphatic rings. The summed E-state index contributed by atoms with van der Waals surface area (Å²) in [6.07, 6.45) is 0. The molecule has 1 heterocycles. The molecule has 0 aliphatic heterocycles. The van der Waals surface area contributed by atoms with Crippen molar-refractivity contribution < 1.29 is 19.4 Å². The van der Waals surface area contributed by atoms with Crippen LogP contribution in [0.1, 0.15) is 21.1 Å². The van der Waals surface area contributed by atoms with Crippen LogP contribution in [0.25, 0.3) is 0 Å². The minimum Gasteiger partial charge on any atom is -0.493 e. The number of hydrogen-bond donors (Lipinski definition) is 1. The lowest BCUT2D eigenvalue weighted by atomic mass is 10.2. The lowest BCUT2D eigenvalue weighted by molar-refractivity contribution is 0.0691. The van der Waals surface area contributed by atoms with Gasteiger partial charge in [0.1, 0.15) is 17.2 Å². The Bertz CT molecular complexity index is 641. The normalized spacial score (nSPS) is 10.3. The van der Waals surface area contributed by atoms with E-state index < -0.39 is 5.97 Å². The number of ether oxygens (including phenoxy) is 2. The number of nitrogens with zero attached hydrogens (tertiary/aromatic N) is 1. The van der Waals surface area contributed by atoms with Crippen molar-refractivity contribution in [3.8, 4) is 11.5 Å². The third kappa shape index (κ3) is 3.20. The summed E-state index contributed by atoms with van der Waals surface area (Å²) in [5.74, 6) is -0.698. The number of thiazole rings is 1. The van der Waals surface area contributed by atoms with Gasteiger partial charge in [-0.1, -0.05) is 11.6 Å². The van der Waals surface area contributed by atoms with Crippen molar-refractivity contribution in [1.82, 2.24) is 4.98 Å². The number of hydrogen-bond acceptors (Lipinski definition) is 5. The quantitative estimate of drug-likeness (QED) is 0.916. The molecule has 0 aliphatic carbocycles. The number of rotatable bonds is 5. The van der Waals surface area contributed by atoms with Crippen LogP contribution in [-0.2, 0) is 6.61 Å². The van der Waals surface area contributed by atoms with Crippen molar-refractivity contribution in [3.05, 3.63) is 38.8 Å². The first-order chi connectivity index (χ1) is 9.51. The molecule has 5 nitrogen and oxygen atoms in total. The molecule has 0 atom stereocenters. The second-order valence-corrected chi connectivity index (χ2v) is 5.34. The van der Waals surface area contributed by atoms with E-state index in [1.807, 2.05) is 12.3 Å². The zero-order valence-electron chi connectivity index (χ0n) is 10.8. The van der Waals surface area contributed by atoms with E-state index in [4.69, 9.17) is 21.1 Å². The van der Waals surface area contributed by atoms with Gasteiger partial charge in [0.05, 0.1) is 7.11 Å². The first kappa shape index (κ1) is 14.6. The van der Waals surface area contributed by atoms with Gasteiger partial charge in [-0.25, -0.2) is 9.78 Å². The molecule has 0 radical (unpaired) electrons. The van der Waals surface area contributed by atoms with E-state index in [2.05, 4.69) is 4.98 Å². The molecule has 20 heavy (non-hydrogen) atoms. The summed E-state index contributed by atoms with van der Waals surface area (Å²) < 4.78 is 10.7. The minimum atomic E-state index is -1.13. The van der Waals surface area contributed by atoms with Crippen LogP contribution in [0.4, 0.5) is 0 Å². The van der Waals surface area contributed by atoms with Crippen LogP contribution < -0.4 is 9.47 Å². The average molecular weight is 314 g/mol. The fourth-order valence-electron chi connectivity index (χ4n) is 1.63. The second-order valence-electron chi connectivity index (χ2n) is 3.96. The number of aromatic nitrogens is 1. The van der Waals surface area contributed by atoms with Gasteiger partial charge in [0.2, 0.25) is 0 Å². The molecule has 1 aromatic heterocycles. The predicted molar refractivity (Wildman–Crippen MR) is 76.1 cm³/mol. The monoisotopic (exact) mass is 313 g/mol. The summed E-state index contributed by atoms with van der Waals surface area (Å²) in [5, 5.41) is 12.1. The van der Waals surface area contributed by atoms with Crippen LogP contribution >= 0.6 is 22.9 Å². The molecule has 0 fully saturated rings. The Labute approximate surface area is 124 Å². The smallest absolute Gasteiger partial charge is 0.339 e. The van der Waals surface area contributed by atoms with Crippen molar-refractivity contribution in [2.75, 3.05) is 7.11 Å². The molecule has 1 aromatic carbocycles. The number of methoxy groups -OCH3 is 1. The van der Waals surface area contributed by atoms with Crippen LogP contribution in [0, 0.1) is 6.92 Å². The Balaban J connectivity index is 2.31. The molecular weight excluding hydrogens is 302 g/mol. The zero-order valence-corrected chi connectivity index (χ0v) is 12.4. The summed E-state index contributed by atoms with van der Waals surface area (Å²) >= 11 is 7.31. The molecule has 2 aromatic rings. The van der Waals surface area contributed by atoms with Gasteiger partial charge >= 0.3 is 5.97 Å². The van der Waals surface area contributed by atoms with Gasteiger partial charge < -0.3 is 14.6 Å². The molecule has 7 heteroatoms. The molecule has 106 valence electrons. The highest BCUT2D eigenvalue weighted by molar-refractivity contribution is 7.09. The maximum atomic E-state index is 11.3. The molecule has 0 saturated carbocycles. The first-order valence-corrected chi connectivity index (χ1v) is 6.91. The van der Waals surface area contributed by atoms with Gasteiger partial charge in [-0.2, -0.15) is 0 Å². The van der Waals surface area contributed by atoms with E-state index in [0.717, 1.165) is 10.7 Å². The first-order valence-electron chi connectivity index (χ1n) is 5.66. The van der Waals surface area contributed by atoms with Crippen LogP contribution in [0.15, 0.2) is 17.5 Å². The lowest BCUT2D eigenvalue weighted by Gasteiger charge is -2.12. The third-order valence-corrected chi connectivity index (χ3v) is 3.63. The Morgan fingerprint density at radius 3 is 2.80 bits per heavy atom. The molecule has 0 unspecified atom stereocenters. The van der Waals surface area contributed by atoms with E-state index in [1.54, 1.807) is 0 Å². The zero-order chi connectivity index (χ0) is 14.7. The van der Waals surface area contributed by atoms with Crippen molar-refractivity contribution in [1.29, 1.82) is 0 Å². The molecule has 2 rings (SSSR count). The summed E-state index contributed by atoms with van der Waals surface area (Å²) in [6.45, 7) is 2.06. The van der Waals surface area contributed by atoms with E-state index >= 15 is 0 Å². The van der Waals surface area contributed by atoms with Crippen LogP contribution in [0.3, 0.4) is 0 Å². The van der Waals surface area contributed by atoms with Crippen LogP contribution in [-0.4, -0.2) is 23.2 Å². The average Bonchev–Trinajstić information content (AvgIpc) is 2.81. The van der Waals surface area contributed by atoms with Crippen molar-refractivity contribution >= 4 is 28.9 Å². The number of aromatic carboxylic acids is 1. The minimum absolute atomic E-state index is 0.0392. The number of aryl methyl sites for hydroxylation is 1. The topological polar surface area (TPSA) is 68.7 Å². The molecule has 1 N–H and O–H groups in total. The van der Waals surface area contributed by atoms with E-state index in [1.165, 1.54) is 30.6 Å². The highest BCUT2D eigenvalue weighted by atomic mass is 35.5. The van der Waals surface area contributed by atoms with Crippen molar-refractivity contribution in [2.24, 2.45) is 0 Å². The number of halogens is 1. The van der Waals surface area contributed by atoms with Crippen LogP contribution in [0.5, 0.6) is 11.5 Å². The predicted octanol–water partition coefficient (Wildman–Crippen LogP) is 3.39. The van der Waals surface area contributed by atoms with Crippen molar-refractivity contribution in [2.45, 2.75) is 13.5 Å². The second kappa shape index (κ2) is 6.11. The van der Waals surface area contributed by atoms with Gasteiger partial charge in [0.15, 0.2) is 11.5 Å². The summed E-state index contributed by atoms with van der Waals surface area (Å²) in [7, 11) is 1.43. The summed E-state index contributed by atoms with van der Waals surface area (Å²) in [4.78, 5) is 15.5. The largest absolute Gasteiger partial charge is 0.493 e. The van der Waals surface area contributed by atoms with E-state index in [-0.39, 0.29) is 28.7 Å². The number of benzene rings is 1. The Morgan fingerprint density at radius 2 is 2.25 bits per heavy atom. The van der Waals surface area contributed by atoms with Gasteiger partial charge in [0.25, 0.3) is 0 Å². The maximum absolute atomic E-state index is 11.3. The van der Waals surface area contributed by atoms with E-state index in [0.29, 0.717) is 0 Å². The fraction of sp³-hybridized carbons (Fsp3) is 0.231. The number of carbonyl (C=O) groups is 1. The Hall–Kier alpha value is -1.79. The molecule has 0 spiro atoms. The standard InChI is InChI=1S/C13H12ClNO4S/c1-7-6-20-11(15-7)5-19-12-9(13(16)17)3-8(14)4-10(12)18-2/h3-4,6H,5H2,1-2H3,(H,16,17). The third-order valence-electron chi connectivity index (χ3n) is 2.48. The molecule has 0 saturated heterocycles. The molecular formula is C13H12ClNO4S. The van der Waals surface area contributed by atoms with Gasteiger partial charge in [-0.05, 0) is 13.0 Å². The fourth-order valence-corrected chi connectivity index (χ4v) is 2.52. The SMILES string of the molecule is COc1cc(Cl)cc(C(=O)O)c1OCc1nc(C)cs1. The lowest BCUT2D eigenvalue weighted by Crippen LogP contribution is -2.05. The van der Waals surface area contributed by atoms with E-state index in [9.17, 15) is 9.90 Å². The summed E-state index contributed by atoms with van der Waals surface area (Å²) in [5.41, 5.74) is 0.859. The van der Waals surface area contributed by atoms with Crippen molar-refractivity contribution in [3.63, 3.8) is 0 Å². The van der Waals surface area contributed by atoms with Gasteiger partial charge in [0, 0.05) is 22.2 Å². The molecule has 0 bridgehead atoms. The Kier molecular flexibility index (Phi) is 4.46. The highest BCUT2D eigenvalue weighted by Crippen LogP contribution is 2.35. The van der Waals surface area contributed by atoms with Crippen LogP contribution in [0.2, 0.25) is 5.02 Å².